The van der Waals surface area contributed by atoms with E-state index in [9.17, 15) is 0 Å². The van der Waals surface area contributed by atoms with Crippen molar-refractivity contribution in [2.24, 2.45) is 4.99 Å². The smallest absolute Gasteiger partial charge is 0.124 e. The zero-order chi connectivity index (χ0) is 10.7. The van der Waals surface area contributed by atoms with Crippen molar-refractivity contribution in [3.8, 4) is 0 Å². The summed E-state index contributed by atoms with van der Waals surface area (Å²) in [7, 11) is 0. The van der Waals surface area contributed by atoms with Crippen molar-refractivity contribution in [3.05, 3.63) is 31.8 Å². The Kier molecular flexibility index (Phi) is 4.85. The zero-order valence-corrected chi connectivity index (χ0v) is 13.2. The molecule has 0 atom stereocenters. The minimum atomic E-state index is 0.987. The Bertz CT molecular complexity index is 395. The van der Waals surface area contributed by atoms with E-state index >= 15 is 0 Å². The summed E-state index contributed by atoms with van der Waals surface area (Å²) in [4.78, 5) is 4.43. The first-order valence-corrected chi connectivity index (χ1v) is 8.34. The topological polar surface area (TPSA) is 12.4 Å². The van der Waals surface area contributed by atoms with E-state index in [1.54, 1.807) is 0 Å². The van der Waals surface area contributed by atoms with Crippen LogP contribution in [0, 0.1) is 3.57 Å². The monoisotopic (exact) mass is 413 g/mol. The Morgan fingerprint density at radius 3 is 3.13 bits per heavy atom. The van der Waals surface area contributed by atoms with Crippen LogP contribution in [0.25, 0.3) is 0 Å². The molecule has 0 spiro atoms. The molecule has 0 aliphatic carbocycles. The van der Waals surface area contributed by atoms with Crippen LogP contribution in [0.15, 0.2) is 27.7 Å². The van der Waals surface area contributed by atoms with Crippen molar-refractivity contribution in [1.82, 2.24) is 0 Å². The molecule has 0 saturated carbocycles. The van der Waals surface area contributed by atoms with Gasteiger partial charge in [0.05, 0.1) is 6.54 Å². The van der Waals surface area contributed by atoms with Gasteiger partial charge in [0.2, 0.25) is 0 Å². The third kappa shape index (κ3) is 3.64. The van der Waals surface area contributed by atoms with Gasteiger partial charge in [-0.2, -0.15) is 0 Å². The van der Waals surface area contributed by atoms with Crippen molar-refractivity contribution in [1.29, 1.82) is 0 Å². The summed E-state index contributed by atoms with van der Waals surface area (Å²) in [6.45, 7) is 0.987. The average Bonchev–Trinajstić information content (AvgIpc) is 2.72. The molecule has 0 saturated heterocycles. The van der Waals surface area contributed by atoms with Crippen molar-refractivity contribution in [2.75, 3.05) is 12.3 Å². The van der Waals surface area contributed by atoms with Crippen LogP contribution < -0.4 is 0 Å². The van der Waals surface area contributed by atoms with Crippen LogP contribution >= 0.6 is 62.0 Å². The van der Waals surface area contributed by atoms with Gasteiger partial charge in [-0.1, -0.05) is 39.5 Å². The Labute approximate surface area is 120 Å². The van der Waals surface area contributed by atoms with Gasteiger partial charge >= 0.3 is 0 Å². The molecule has 1 aliphatic rings. The van der Waals surface area contributed by atoms with E-state index in [1.165, 1.54) is 18.0 Å². The Morgan fingerprint density at radius 1 is 1.53 bits per heavy atom. The quantitative estimate of drug-likeness (QED) is 0.666. The lowest BCUT2D eigenvalue weighted by atomic mass is 10.2. The molecular formula is C10H9BrINS2. The van der Waals surface area contributed by atoms with Crippen molar-refractivity contribution in [3.63, 3.8) is 0 Å². The first kappa shape index (κ1) is 12.3. The molecule has 0 radical (unpaired) electrons. The third-order valence-corrected chi connectivity index (χ3v) is 5.66. The first-order valence-electron chi connectivity index (χ1n) is 4.49. The molecular weight excluding hydrogens is 405 g/mol. The van der Waals surface area contributed by atoms with Gasteiger partial charge in [-0.25, -0.2) is 0 Å². The normalized spacial score (nSPS) is 15.5. The summed E-state index contributed by atoms with van der Waals surface area (Å²) < 4.78 is 3.71. The molecule has 0 aromatic heterocycles. The van der Waals surface area contributed by atoms with E-state index in [4.69, 9.17) is 0 Å². The van der Waals surface area contributed by atoms with Gasteiger partial charge in [0, 0.05) is 19.5 Å². The van der Waals surface area contributed by atoms with E-state index < -0.39 is 0 Å². The van der Waals surface area contributed by atoms with Crippen LogP contribution in [0.3, 0.4) is 0 Å². The van der Waals surface area contributed by atoms with Crippen LogP contribution in [0.2, 0.25) is 0 Å². The Morgan fingerprint density at radius 2 is 2.40 bits per heavy atom. The number of rotatable bonds is 2. The largest absolute Gasteiger partial charge is 0.271 e. The van der Waals surface area contributed by atoms with Crippen LogP contribution in [0.4, 0.5) is 0 Å². The van der Waals surface area contributed by atoms with Crippen molar-refractivity contribution >= 4 is 66.4 Å². The molecule has 1 heterocycles. The molecule has 1 aromatic rings. The van der Waals surface area contributed by atoms with Gasteiger partial charge in [-0.15, -0.1) is 0 Å². The van der Waals surface area contributed by atoms with E-state index in [0.717, 1.165) is 18.1 Å². The minimum absolute atomic E-state index is 0.987. The van der Waals surface area contributed by atoms with E-state index in [-0.39, 0.29) is 0 Å². The highest BCUT2D eigenvalue weighted by molar-refractivity contribution is 14.1. The molecule has 0 bridgehead atoms. The van der Waals surface area contributed by atoms with E-state index in [2.05, 4.69) is 61.7 Å². The van der Waals surface area contributed by atoms with Crippen LogP contribution in [0.5, 0.6) is 0 Å². The molecule has 80 valence electrons. The van der Waals surface area contributed by atoms with E-state index in [1.807, 2.05) is 23.5 Å². The molecule has 15 heavy (non-hydrogen) atoms. The zero-order valence-electron chi connectivity index (χ0n) is 7.87. The fourth-order valence-corrected chi connectivity index (χ4v) is 4.32. The van der Waals surface area contributed by atoms with Gasteiger partial charge in [-0.3, -0.25) is 4.99 Å². The molecule has 0 fully saturated rings. The van der Waals surface area contributed by atoms with Crippen LogP contribution in [-0.4, -0.2) is 16.7 Å². The van der Waals surface area contributed by atoms with Crippen molar-refractivity contribution < 1.29 is 0 Å². The molecule has 0 unspecified atom stereocenters. The molecule has 5 heteroatoms. The predicted molar refractivity (Wildman–Crippen MR) is 82.9 cm³/mol. The lowest BCUT2D eigenvalue weighted by molar-refractivity contribution is 1.18. The van der Waals surface area contributed by atoms with Gasteiger partial charge in [0.1, 0.15) is 4.38 Å². The second kappa shape index (κ2) is 5.93. The van der Waals surface area contributed by atoms with Crippen LogP contribution in [0.1, 0.15) is 5.56 Å². The van der Waals surface area contributed by atoms with Crippen LogP contribution in [-0.2, 0) is 5.75 Å². The average molecular weight is 414 g/mol. The van der Waals surface area contributed by atoms with Gasteiger partial charge in [0.15, 0.2) is 0 Å². The number of aliphatic imine (C=N–C) groups is 1. The summed E-state index contributed by atoms with van der Waals surface area (Å²) in [6, 6.07) is 6.44. The highest BCUT2D eigenvalue weighted by atomic mass is 127. The predicted octanol–water partition coefficient (Wildman–Crippen LogP) is 4.39. The fourth-order valence-electron chi connectivity index (χ4n) is 1.20. The van der Waals surface area contributed by atoms with Gasteiger partial charge < -0.3 is 0 Å². The summed E-state index contributed by atoms with van der Waals surface area (Å²) in [5.74, 6) is 2.15. The summed E-state index contributed by atoms with van der Waals surface area (Å²) in [5, 5.41) is 0. The summed E-state index contributed by atoms with van der Waals surface area (Å²) in [6.07, 6.45) is 0. The maximum Gasteiger partial charge on any atom is 0.124 e. The van der Waals surface area contributed by atoms with Gasteiger partial charge in [-0.05, 0) is 46.4 Å². The second-order valence-electron chi connectivity index (χ2n) is 3.02. The first-order chi connectivity index (χ1) is 7.25. The van der Waals surface area contributed by atoms with Gasteiger partial charge in [0.25, 0.3) is 0 Å². The SMILES string of the molecule is Brc1ccc(I)cc1CSC1=NCCS1. The third-order valence-electron chi connectivity index (χ3n) is 1.92. The maximum absolute atomic E-state index is 4.43. The number of thioether (sulfide) groups is 2. The number of halogens is 2. The van der Waals surface area contributed by atoms with Crippen molar-refractivity contribution in [2.45, 2.75) is 5.75 Å². The fraction of sp³-hybridized carbons (Fsp3) is 0.300. The lowest BCUT2D eigenvalue weighted by Gasteiger charge is -2.04. The molecule has 1 nitrogen and oxygen atoms in total. The molecule has 1 aromatic carbocycles. The highest BCUT2D eigenvalue weighted by Crippen LogP contribution is 2.29. The van der Waals surface area contributed by atoms with E-state index in [0.29, 0.717) is 0 Å². The molecule has 0 amide bonds. The minimum Gasteiger partial charge on any atom is -0.271 e. The molecule has 1 aliphatic heterocycles. The second-order valence-corrected chi connectivity index (χ2v) is 7.43. The number of hydrogen-bond acceptors (Lipinski definition) is 3. The maximum atomic E-state index is 4.43. The molecule has 2 rings (SSSR count). The molecule has 0 N–H and O–H groups in total. The highest BCUT2D eigenvalue weighted by Gasteiger charge is 2.09. The number of nitrogens with zero attached hydrogens (tertiary/aromatic N) is 1. The summed E-state index contributed by atoms with van der Waals surface area (Å²) >= 11 is 9.63. The Hall–Kier alpha value is 0.800. The summed E-state index contributed by atoms with van der Waals surface area (Å²) in [5.41, 5.74) is 1.35. The number of hydrogen-bond donors (Lipinski definition) is 0. The lowest BCUT2D eigenvalue weighted by Crippen LogP contribution is -1.87. The number of benzene rings is 1. The standard InChI is InChI=1S/C10H9BrINS2/c11-9-2-1-8(12)5-7(9)6-15-10-13-3-4-14-10/h1-2,5H,3-4,6H2. The Balaban J connectivity index is 2.00.